The molecule has 0 unspecified atom stereocenters. The number of hydrogen-bond acceptors (Lipinski definition) is 5. The molecule has 0 heterocycles. The third-order valence-electron chi connectivity index (χ3n) is 3.98. The second kappa shape index (κ2) is 10.8. The molecule has 0 bridgehead atoms. The summed E-state index contributed by atoms with van der Waals surface area (Å²) in [6, 6.07) is 12.8. The first-order chi connectivity index (χ1) is 13.5. The normalized spacial score (nSPS) is 10.5. The van der Waals surface area contributed by atoms with Crippen LogP contribution in [0.4, 0.5) is 5.69 Å². The van der Waals surface area contributed by atoms with Crippen LogP contribution >= 0.6 is 0 Å². The van der Waals surface area contributed by atoms with Gasteiger partial charge in [-0.05, 0) is 54.8 Å². The number of benzene rings is 2. The summed E-state index contributed by atoms with van der Waals surface area (Å²) < 4.78 is 15.3. The SMILES string of the molecule is CCOC(=O)/C=C/c1ccc(NC(=O)CCc2ccc(OC)c(OC)c2)cc1. The lowest BCUT2D eigenvalue weighted by molar-refractivity contribution is -0.137. The number of anilines is 1. The van der Waals surface area contributed by atoms with Gasteiger partial charge in [-0.3, -0.25) is 4.79 Å². The number of methoxy groups -OCH3 is 2. The number of carbonyl (C=O) groups excluding carboxylic acids is 2. The maximum absolute atomic E-state index is 12.2. The van der Waals surface area contributed by atoms with Crippen LogP contribution < -0.4 is 14.8 Å². The van der Waals surface area contributed by atoms with Crippen molar-refractivity contribution < 1.29 is 23.8 Å². The summed E-state index contributed by atoms with van der Waals surface area (Å²) in [7, 11) is 3.17. The third-order valence-corrected chi connectivity index (χ3v) is 3.98. The number of hydrogen-bond donors (Lipinski definition) is 1. The molecule has 6 heteroatoms. The van der Waals surface area contributed by atoms with Crippen LogP contribution in [0.5, 0.6) is 11.5 Å². The summed E-state index contributed by atoms with van der Waals surface area (Å²) in [6.45, 7) is 2.10. The van der Waals surface area contributed by atoms with Crippen molar-refractivity contribution in [3.8, 4) is 11.5 Å². The van der Waals surface area contributed by atoms with Crippen molar-refractivity contribution in [2.45, 2.75) is 19.8 Å². The first kappa shape index (κ1) is 21.0. The minimum Gasteiger partial charge on any atom is -0.493 e. The summed E-state index contributed by atoms with van der Waals surface area (Å²) in [6.07, 6.45) is 3.98. The van der Waals surface area contributed by atoms with E-state index in [1.54, 1.807) is 39.4 Å². The second-order valence-electron chi connectivity index (χ2n) is 5.94. The van der Waals surface area contributed by atoms with Gasteiger partial charge in [0, 0.05) is 18.2 Å². The average Bonchev–Trinajstić information content (AvgIpc) is 2.71. The maximum Gasteiger partial charge on any atom is 0.330 e. The molecule has 0 spiro atoms. The fraction of sp³-hybridized carbons (Fsp3) is 0.273. The van der Waals surface area contributed by atoms with Crippen molar-refractivity contribution in [1.82, 2.24) is 0 Å². The fourth-order valence-corrected chi connectivity index (χ4v) is 2.55. The molecule has 0 saturated heterocycles. The highest BCUT2D eigenvalue weighted by molar-refractivity contribution is 5.91. The molecule has 2 aromatic carbocycles. The van der Waals surface area contributed by atoms with Crippen LogP contribution in [0.2, 0.25) is 0 Å². The third kappa shape index (κ3) is 6.46. The summed E-state index contributed by atoms with van der Waals surface area (Å²) >= 11 is 0. The molecule has 0 aromatic heterocycles. The molecule has 0 fully saturated rings. The van der Waals surface area contributed by atoms with E-state index in [2.05, 4.69) is 5.32 Å². The van der Waals surface area contributed by atoms with Crippen LogP contribution in [0.25, 0.3) is 6.08 Å². The number of rotatable bonds is 9. The molecule has 0 aliphatic rings. The van der Waals surface area contributed by atoms with Gasteiger partial charge in [-0.25, -0.2) is 4.79 Å². The molecule has 0 radical (unpaired) electrons. The quantitative estimate of drug-likeness (QED) is 0.526. The molecule has 0 saturated carbocycles. The molecule has 2 rings (SSSR count). The monoisotopic (exact) mass is 383 g/mol. The van der Waals surface area contributed by atoms with Gasteiger partial charge in [-0.1, -0.05) is 18.2 Å². The molecule has 2 aromatic rings. The van der Waals surface area contributed by atoms with Crippen molar-refractivity contribution in [3.05, 3.63) is 59.7 Å². The van der Waals surface area contributed by atoms with Gasteiger partial charge in [0.1, 0.15) is 0 Å². The Morgan fingerprint density at radius 3 is 2.36 bits per heavy atom. The van der Waals surface area contributed by atoms with E-state index in [0.717, 1.165) is 11.1 Å². The van der Waals surface area contributed by atoms with Gasteiger partial charge in [0.15, 0.2) is 11.5 Å². The highest BCUT2D eigenvalue weighted by atomic mass is 16.5. The highest BCUT2D eigenvalue weighted by Gasteiger charge is 2.07. The van der Waals surface area contributed by atoms with Gasteiger partial charge in [-0.15, -0.1) is 0 Å². The standard InChI is InChI=1S/C22H25NO5/c1-4-28-22(25)14-9-16-5-10-18(11-6-16)23-21(24)13-8-17-7-12-19(26-2)20(15-17)27-3/h5-7,9-12,14-15H,4,8,13H2,1-3H3,(H,23,24)/b14-9+. The van der Waals surface area contributed by atoms with Crippen LogP contribution in [0, 0.1) is 0 Å². The van der Waals surface area contributed by atoms with Gasteiger partial charge in [0.05, 0.1) is 20.8 Å². The Kier molecular flexibility index (Phi) is 8.09. The van der Waals surface area contributed by atoms with E-state index in [1.807, 2.05) is 30.3 Å². The van der Waals surface area contributed by atoms with Crippen LogP contribution in [0.1, 0.15) is 24.5 Å². The first-order valence-electron chi connectivity index (χ1n) is 9.01. The zero-order chi connectivity index (χ0) is 20.4. The summed E-state index contributed by atoms with van der Waals surface area (Å²) in [5.41, 5.74) is 2.54. The van der Waals surface area contributed by atoms with E-state index in [0.29, 0.717) is 36.6 Å². The topological polar surface area (TPSA) is 73.9 Å². The zero-order valence-electron chi connectivity index (χ0n) is 16.4. The molecule has 0 aliphatic carbocycles. The number of esters is 1. The van der Waals surface area contributed by atoms with Crippen LogP contribution in [-0.2, 0) is 20.7 Å². The lowest BCUT2D eigenvalue weighted by Crippen LogP contribution is -2.12. The minimum atomic E-state index is -0.380. The molecular weight excluding hydrogens is 358 g/mol. The van der Waals surface area contributed by atoms with Gasteiger partial charge in [0.2, 0.25) is 5.91 Å². The number of aryl methyl sites for hydroxylation is 1. The van der Waals surface area contributed by atoms with Gasteiger partial charge in [-0.2, -0.15) is 0 Å². The van der Waals surface area contributed by atoms with Crippen molar-refractivity contribution >= 4 is 23.6 Å². The van der Waals surface area contributed by atoms with E-state index in [4.69, 9.17) is 14.2 Å². The lowest BCUT2D eigenvalue weighted by atomic mass is 10.1. The number of amides is 1. The molecule has 1 amide bonds. The average molecular weight is 383 g/mol. The van der Waals surface area contributed by atoms with Crippen LogP contribution in [0.3, 0.4) is 0 Å². The fourth-order valence-electron chi connectivity index (χ4n) is 2.55. The van der Waals surface area contributed by atoms with Gasteiger partial charge in [0.25, 0.3) is 0 Å². The zero-order valence-corrected chi connectivity index (χ0v) is 16.4. The smallest absolute Gasteiger partial charge is 0.330 e. The Morgan fingerprint density at radius 1 is 1.00 bits per heavy atom. The van der Waals surface area contributed by atoms with Crippen LogP contribution in [0.15, 0.2) is 48.5 Å². The van der Waals surface area contributed by atoms with Crippen molar-refractivity contribution in [2.75, 3.05) is 26.1 Å². The van der Waals surface area contributed by atoms with Crippen molar-refractivity contribution in [2.24, 2.45) is 0 Å². The summed E-state index contributed by atoms with van der Waals surface area (Å²) in [5, 5.41) is 2.87. The predicted molar refractivity (Wildman–Crippen MR) is 109 cm³/mol. The van der Waals surface area contributed by atoms with E-state index in [-0.39, 0.29) is 11.9 Å². The Bertz CT molecular complexity index is 827. The Morgan fingerprint density at radius 2 is 1.71 bits per heavy atom. The maximum atomic E-state index is 12.2. The van der Waals surface area contributed by atoms with Crippen molar-refractivity contribution in [3.63, 3.8) is 0 Å². The van der Waals surface area contributed by atoms with E-state index < -0.39 is 0 Å². The largest absolute Gasteiger partial charge is 0.493 e. The van der Waals surface area contributed by atoms with Gasteiger partial charge < -0.3 is 19.5 Å². The Hall–Kier alpha value is -3.28. The Balaban J connectivity index is 1.87. The van der Waals surface area contributed by atoms with E-state index in [9.17, 15) is 9.59 Å². The van der Waals surface area contributed by atoms with Crippen LogP contribution in [-0.4, -0.2) is 32.7 Å². The molecule has 1 N–H and O–H groups in total. The molecule has 148 valence electrons. The lowest BCUT2D eigenvalue weighted by Gasteiger charge is -2.10. The molecule has 6 nitrogen and oxygen atoms in total. The predicted octanol–water partition coefficient (Wildman–Crippen LogP) is 3.85. The summed E-state index contributed by atoms with van der Waals surface area (Å²) in [5.74, 6) is 0.847. The van der Waals surface area contributed by atoms with Gasteiger partial charge >= 0.3 is 5.97 Å². The number of carbonyl (C=O) groups is 2. The molecule has 0 aliphatic heterocycles. The van der Waals surface area contributed by atoms with Crippen molar-refractivity contribution in [1.29, 1.82) is 0 Å². The number of ether oxygens (including phenoxy) is 3. The van der Waals surface area contributed by atoms with E-state index in [1.165, 1.54) is 6.08 Å². The highest BCUT2D eigenvalue weighted by Crippen LogP contribution is 2.28. The minimum absolute atomic E-state index is 0.0791. The Labute approximate surface area is 165 Å². The first-order valence-corrected chi connectivity index (χ1v) is 9.01. The molecular formula is C22H25NO5. The molecule has 0 atom stereocenters. The number of nitrogens with one attached hydrogen (secondary N) is 1. The summed E-state index contributed by atoms with van der Waals surface area (Å²) in [4.78, 5) is 23.5. The van der Waals surface area contributed by atoms with E-state index >= 15 is 0 Å². The second-order valence-corrected chi connectivity index (χ2v) is 5.94. The molecule has 28 heavy (non-hydrogen) atoms.